The summed E-state index contributed by atoms with van der Waals surface area (Å²) < 4.78 is 6.60. The van der Waals surface area contributed by atoms with Crippen LogP contribution in [0.15, 0.2) is 47.4 Å². The fourth-order valence-corrected chi connectivity index (χ4v) is 2.94. The Hall–Kier alpha value is -3.49. The maximum Gasteiger partial charge on any atom is 0.245 e. The molecule has 0 bridgehead atoms. The van der Waals surface area contributed by atoms with Gasteiger partial charge in [-0.2, -0.15) is 5.10 Å². The summed E-state index contributed by atoms with van der Waals surface area (Å²) in [6.07, 6.45) is 5.99. The minimum atomic E-state index is 0.409. The van der Waals surface area contributed by atoms with E-state index in [-0.39, 0.29) is 0 Å². The number of aromatic nitrogens is 6. The lowest BCUT2D eigenvalue weighted by Gasteiger charge is -2.21. The first-order chi connectivity index (χ1) is 13.3. The van der Waals surface area contributed by atoms with Gasteiger partial charge in [-0.1, -0.05) is 12.1 Å². The van der Waals surface area contributed by atoms with E-state index in [9.17, 15) is 0 Å². The molecule has 9 nitrogen and oxygen atoms in total. The van der Waals surface area contributed by atoms with Gasteiger partial charge in [-0.25, -0.2) is 19.3 Å². The zero-order chi connectivity index (χ0) is 18.2. The van der Waals surface area contributed by atoms with Crippen molar-refractivity contribution in [2.75, 3.05) is 17.3 Å². The average molecular weight is 362 g/mol. The number of hydrogen-bond donors (Lipinski definition) is 1. The van der Waals surface area contributed by atoms with E-state index >= 15 is 0 Å². The smallest absolute Gasteiger partial charge is 0.245 e. The van der Waals surface area contributed by atoms with Gasteiger partial charge in [0.2, 0.25) is 11.3 Å². The van der Waals surface area contributed by atoms with Crippen LogP contribution in [0.4, 0.5) is 11.6 Å². The highest BCUT2D eigenvalue weighted by Gasteiger charge is 2.25. The van der Waals surface area contributed by atoms with Gasteiger partial charge in [0.15, 0.2) is 11.6 Å². The maximum absolute atomic E-state index is 4.76. The van der Waals surface area contributed by atoms with Crippen LogP contribution in [0.3, 0.4) is 0 Å². The van der Waals surface area contributed by atoms with Crippen LogP contribution < -0.4 is 10.2 Å². The molecule has 1 saturated carbocycles. The van der Waals surface area contributed by atoms with Crippen molar-refractivity contribution in [2.45, 2.75) is 25.4 Å². The Morgan fingerprint density at radius 1 is 1.15 bits per heavy atom. The van der Waals surface area contributed by atoms with Crippen molar-refractivity contribution in [2.24, 2.45) is 0 Å². The largest absolute Gasteiger partial charge is 0.364 e. The van der Waals surface area contributed by atoms with Crippen molar-refractivity contribution in [1.82, 2.24) is 30.1 Å². The maximum atomic E-state index is 4.76. The molecular weight excluding hydrogens is 344 g/mol. The second-order valence-corrected chi connectivity index (χ2v) is 6.70. The van der Waals surface area contributed by atoms with E-state index in [1.807, 2.05) is 24.0 Å². The molecule has 1 fully saturated rings. The van der Waals surface area contributed by atoms with Crippen LogP contribution in [0.2, 0.25) is 0 Å². The SMILES string of the molecule is CN(Cc1ccc(-n2cccn2)cc1)c1nc2nonc2nc1NC1CC1. The Balaban J connectivity index is 1.40. The molecule has 0 aliphatic heterocycles. The van der Waals surface area contributed by atoms with Crippen LogP contribution in [0.1, 0.15) is 18.4 Å². The molecule has 0 spiro atoms. The third-order valence-corrected chi connectivity index (χ3v) is 4.50. The standard InChI is InChI=1S/C18H18N8O/c1-25(11-12-3-7-14(8-4-12)26-10-2-9-19-26)18-17(20-13-5-6-13)21-15-16(22-18)24-27-23-15/h2-4,7-10,13H,5-6,11H2,1H3,(H,20,21,23). The van der Waals surface area contributed by atoms with E-state index < -0.39 is 0 Å². The van der Waals surface area contributed by atoms with E-state index in [1.165, 1.54) is 0 Å². The Morgan fingerprint density at radius 3 is 2.63 bits per heavy atom. The molecule has 1 aliphatic rings. The number of benzene rings is 1. The van der Waals surface area contributed by atoms with Gasteiger partial charge in [0.1, 0.15) is 0 Å². The minimum Gasteiger partial charge on any atom is -0.364 e. The van der Waals surface area contributed by atoms with Gasteiger partial charge in [0.25, 0.3) is 0 Å². The lowest BCUT2D eigenvalue weighted by Crippen LogP contribution is -2.21. The second-order valence-electron chi connectivity index (χ2n) is 6.70. The first-order valence-corrected chi connectivity index (χ1v) is 8.83. The van der Waals surface area contributed by atoms with Gasteiger partial charge in [-0.15, -0.1) is 0 Å². The van der Waals surface area contributed by atoms with Crippen LogP contribution in [0.25, 0.3) is 17.0 Å². The van der Waals surface area contributed by atoms with Crippen molar-refractivity contribution in [3.05, 3.63) is 48.3 Å². The summed E-state index contributed by atoms with van der Waals surface area (Å²) in [6.45, 7) is 0.685. The van der Waals surface area contributed by atoms with Crippen molar-refractivity contribution >= 4 is 22.9 Å². The van der Waals surface area contributed by atoms with E-state index in [0.717, 1.165) is 35.7 Å². The molecule has 0 amide bonds. The second kappa shape index (κ2) is 6.35. The highest BCUT2D eigenvalue weighted by molar-refractivity contribution is 5.74. The number of nitrogens with zero attached hydrogens (tertiary/aromatic N) is 7. The van der Waals surface area contributed by atoms with Crippen molar-refractivity contribution in [1.29, 1.82) is 0 Å². The number of anilines is 2. The van der Waals surface area contributed by atoms with Gasteiger partial charge in [-0.3, -0.25) is 0 Å². The summed E-state index contributed by atoms with van der Waals surface area (Å²) in [5.41, 5.74) is 3.01. The number of fused-ring (bicyclic) bond motifs is 1. The summed E-state index contributed by atoms with van der Waals surface area (Å²) in [5, 5.41) is 15.3. The third kappa shape index (κ3) is 3.19. The molecule has 1 N–H and O–H groups in total. The zero-order valence-corrected chi connectivity index (χ0v) is 14.8. The van der Waals surface area contributed by atoms with Gasteiger partial charge < -0.3 is 10.2 Å². The molecule has 136 valence electrons. The normalized spacial score (nSPS) is 13.8. The Labute approximate surface area is 155 Å². The van der Waals surface area contributed by atoms with Crippen LogP contribution in [-0.2, 0) is 6.54 Å². The molecule has 4 aromatic rings. The molecule has 3 aromatic heterocycles. The molecule has 3 heterocycles. The van der Waals surface area contributed by atoms with Gasteiger partial charge in [0, 0.05) is 32.0 Å². The first kappa shape index (κ1) is 15.7. The molecule has 0 radical (unpaired) electrons. The number of rotatable bonds is 6. The topological polar surface area (TPSA) is 97.8 Å². The lowest BCUT2D eigenvalue weighted by molar-refractivity contribution is 0.314. The van der Waals surface area contributed by atoms with E-state index in [2.05, 4.69) is 59.9 Å². The predicted octanol–water partition coefficient (Wildman–Crippen LogP) is 2.41. The molecule has 5 rings (SSSR count). The third-order valence-electron chi connectivity index (χ3n) is 4.50. The fourth-order valence-electron chi connectivity index (χ4n) is 2.94. The molecule has 1 aromatic carbocycles. The monoisotopic (exact) mass is 362 g/mol. The minimum absolute atomic E-state index is 0.409. The quantitative estimate of drug-likeness (QED) is 0.558. The van der Waals surface area contributed by atoms with Crippen LogP contribution >= 0.6 is 0 Å². The summed E-state index contributed by atoms with van der Waals surface area (Å²) in [4.78, 5) is 11.2. The molecule has 0 saturated heterocycles. The van der Waals surface area contributed by atoms with Gasteiger partial charge in [0.05, 0.1) is 5.69 Å². The molecule has 27 heavy (non-hydrogen) atoms. The van der Waals surface area contributed by atoms with E-state index in [0.29, 0.717) is 23.9 Å². The van der Waals surface area contributed by atoms with E-state index in [4.69, 9.17) is 4.63 Å². The lowest BCUT2D eigenvalue weighted by atomic mass is 10.2. The number of hydrogen-bond acceptors (Lipinski definition) is 8. The average Bonchev–Trinajstić information content (AvgIpc) is 3.15. The first-order valence-electron chi connectivity index (χ1n) is 8.83. The summed E-state index contributed by atoms with van der Waals surface area (Å²) in [5.74, 6) is 1.46. The molecule has 1 aliphatic carbocycles. The van der Waals surface area contributed by atoms with E-state index in [1.54, 1.807) is 6.20 Å². The van der Waals surface area contributed by atoms with Crippen molar-refractivity contribution in [3.63, 3.8) is 0 Å². The van der Waals surface area contributed by atoms with Gasteiger partial charge >= 0.3 is 0 Å². The zero-order valence-electron chi connectivity index (χ0n) is 14.8. The van der Waals surface area contributed by atoms with Gasteiger partial charge in [-0.05, 0) is 46.9 Å². The van der Waals surface area contributed by atoms with Crippen LogP contribution in [0.5, 0.6) is 0 Å². The van der Waals surface area contributed by atoms with Crippen LogP contribution in [0, 0.1) is 0 Å². The van der Waals surface area contributed by atoms with Crippen molar-refractivity contribution < 1.29 is 4.63 Å². The van der Waals surface area contributed by atoms with Crippen LogP contribution in [-0.4, -0.2) is 43.2 Å². The Kier molecular flexibility index (Phi) is 3.70. The molecule has 9 heteroatoms. The highest BCUT2D eigenvalue weighted by atomic mass is 16.6. The Bertz CT molecular complexity index is 1050. The summed E-state index contributed by atoms with van der Waals surface area (Å²) in [7, 11) is 1.99. The molecular formula is C18H18N8O. The highest BCUT2D eigenvalue weighted by Crippen LogP contribution is 2.30. The Morgan fingerprint density at radius 2 is 1.93 bits per heavy atom. The fraction of sp³-hybridized carbons (Fsp3) is 0.278. The van der Waals surface area contributed by atoms with Crippen molar-refractivity contribution in [3.8, 4) is 5.69 Å². The number of nitrogens with one attached hydrogen (secondary N) is 1. The molecule has 0 atom stereocenters. The predicted molar refractivity (Wildman–Crippen MR) is 99.7 cm³/mol. The summed E-state index contributed by atoms with van der Waals surface area (Å²) >= 11 is 0. The molecule has 0 unspecified atom stereocenters. The summed E-state index contributed by atoms with van der Waals surface area (Å²) in [6, 6.07) is 10.6.